The topological polar surface area (TPSA) is 33.0 Å². The molecule has 0 aliphatic heterocycles. The lowest BCUT2D eigenvalue weighted by atomic mass is 9.79. The van der Waals surface area contributed by atoms with Gasteiger partial charge < -0.3 is 4.74 Å². The Hall–Kier alpha value is -1.75. The van der Waals surface area contributed by atoms with Crippen LogP contribution in [0.5, 0.6) is 0 Å². The highest BCUT2D eigenvalue weighted by Gasteiger charge is 2.22. The third kappa shape index (κ3) is 6.40. The van der Waals surface area contributed by atoms with Crippen LogP contribution < -0.4 is 0 Å². The van der Waals surface area contributed by atoms with Gasteiger partial charge in [-0.3, -0.25) is 0 Å². The zero-order valence-corrected chi connectivity index (χ0v) is 15.0. The molecule has 1 aliphatic carbocycles. The summed E-state index contributed by atoms with van der Waals surface area (Å²) in [6, 6.07) is 10.3. The maximum atomic E-state index is 8.88. The molecule has 2 heteroatoms. The second kappa shape index (κ2) is 10.9. The molecule has 0 amide bonds. The minimum Gasteiger partial charge on any atom is -0.501 e. The molecule has 0 saturated heterocycles. The molecule has 130 valence electrons. The molecule has 1 aromatic rings. The molecule has 1 fully saturated rings. The van der Waals surface area contributed by atoms with Gasteiger partial charge in [0.05, 0.1) is 24.5 Å². The summed E-state index contributed by atoms with van der Waals surface area (Å²) in [5.74, 6) is 1.35. The highest BCUT2D eigenvalue weighted by atomic mass is 16.5. The predicted molar refractivity (Wildman–Crippen MR) is 99.7 cm³/mol. The van der Waals surface area contributed by atoms with Crippen molar-refractivity contribution in [2.24, 2.45) is 5.92 Å². The summed E-state index contributed by atoms with van der Waals surface area (Å²) < 4.78 is 5.73. The number of nitriles is 1. The maximum absolute atomic E-state index is 8.88. The molecule has 1 aliphatic rings. The summed E-state index contributed by atoms with van der Waals surface area (Å²) in [7, 11) is 0. The molecule has 0 unspecified atom stereocenters. The van der Waals surface area contributed by atoms with Crippen LogP contribution in [-0.4, -0.2) is 6.61 Å². The number of hydrogen-bond acceptors (Lipinski definition) is 2. The number of rotatable bonds is 9. The highest BCUT2D eigenvalue weighted by Crippen LogP contribution is 2.35. The molecule has 2 rings (SSSR count). The Balaban J connectivity index is 1.60. The Morgan fingerprint density at radius 2 is 1.83 bits per heavy atom. The molecule has 0 aromatic heterocycles. The van der Waals surface area contributed by atoms with Gasteiger partial charge in [-0.05, 0) is 74.1 Å². The van der Waals surface area contributed by atoms with E-state index in [1.807, 2.05) is 18.4 Å². The average molecular weight is 325 g/mol. The first-order valence-corrected chi connectivity index (χ1v) is 9.60. The van der Waals surface area contributed by atoms with Crippen LogP contribution in [0.1, 0.15) is 81.8 Å². The number of nitrogens with zero attached hydrogens (tertiary/aromatic N) is 1. The lowest BCUT2D eigenvalue weighted by molar-refractivity contribution is 0.159. The molecular weight excluding hydrogens is 294 g/mol. The Bertz CT molecular complexity index is 518. The van der Waals surface area contributed by atoms with Crippen molar-refractivity contribution in [3.8, 4) is 6.07 Å². The smallest absolute Gasteiger partial charge is 0.0991 e. The number of ether oxygens (including phenoxy) is 1. The van der Waals surface area contributed by atoms with Crippen molar-refractivity contribution in [1.82, 2.24) is 0 Å². The Kier molecular flexibility index (Phi) is 8.46. The van der Waals surface area contributed by atoms with Crippen molar-refractivity contribution in [2.45, 2.75) is 70.6 Å². The zero-order chi connectivity index (χ0) is 17.0. The van der Waals surface area contributed by atoms with Crippen LogP contribution in [0.25, 0.3) is 0 Å². The van der Waals surface area contributed by atoms with Crippen LogP contribution >= 0.6 is 0 Å². The molecule has 0 spiro atoms. The summed E-state index contributed by atoms with van der Waals surface area (Å²) in [6.45, 7) is 3.11. The van der Waals surface area contributed by atoms with Gasteiger partial charge in [-0.15, -0.1) is 0 Å². The molecular formula is C22H31NO. The largest absolute Gasteiger partial charge is 0.501 e. The van der Waals surface area contributed by atoms with Crippen LogP contribution in [-0.2, 0) is 4.74 Å². The first-order valence-electron chi connectivity index (χ1n) is 9.60. The van der Waals surface area contributed by atoms with Crippen LogP contribution in [0.15, 0.2) is 36.6 Å². The van der Waals surface area contributed by atoms with E-state index in [0.717, 1.165) is 18.6 Å². The van der Waals surface area contributed by atoms with Crippen molar-refractivity contribution in [2.75, 3.05) is 6.61 Å². The molecule has 0 bridgehead atoms. The second-order valence-corrected chi connectivity index (χ2v) is 7.01. The van der Waals surface area contributed by atoms with Crippen molar-refractivity contribution < 1.29 is 4.74 Å². The molecule has 0 atom stereocenters. The van der Waals surface area contributed by atoms with Gasteiger partial charge in [0.25, 0.3) is 0 Å². The third-order valence-electron chi connectivity index (χ3n) is 5.11. The van der Waals surface area contributed by atoms with E-state index in [1.165, 1.54) is 56.9 Å². The van der Waals surface area contributed by atoms with Crippen LogP contribution in [0.3, 0.4) is 0 Å². The molecule has 24 heavy (non-hydrogen) atoms. The van der Waals surface area contributed by atoms with E-state index in [9.17, 15) is 0 Å². The summed E-state index contributed by atoms with van der Waals surface area (Å²) in [5, 5.41) is 8.88. The number of benzene rings is 1. The summed E-state index contributed by atoms with van der Waals surface area (Å²) >= 11 is 0. The molecule has 1 aromatic carbocycles. The molecule has 0 heterocycles. The summed E-state index contributed by atoms with van der Waals surface area (Å²) in [4.78, 5) is 0. The van der Waals surface area contributed by atoms with Crippen LogP contribution in [0, 0.1) is 17.2 Å². The standard InChI is InChI=1S/C22H31NO/c1-2-3-4-5-6-7-16-24-18-20-10-14-22(15-11-20)21-12-8-19(17-23)9-13-21/h7-9,12-13,16,20,22H,2-6,10-11,14-15,18H2,1H3/b16-7+. The third-order valence-corrected chi connectivity index (χ3v) is 5.11. The Labute approximate surface area is 147 Å². The zero-order valence-electron chi connectivity index (χ0n) is 15.0. The van der Waals surface area contributed by atoms with Gasteiger partial charge in [-0.1, -0.05) is 38.3 Å². The van der Waals surface area contributed by atoms with E-state index < -0.39 is 0 Å². The normalized spacial score (nSPS) is 20.8. The highest BCUT2D eigenvalue weighted by molar-refractivity contribution is 5.33. The maximum Gasteiger partial charge on any atom is 0.0991 e. The first-order chi connectivity index (χ1) is 11.8. The second-order valence-electron chi connectivity index (χ2n) is 7.01. The van der Waals surface area contributed by atoms with Gasteiger partial charge in [-0.25, -0.2) is 0 Å². The monoisotopic (exact) mass is 325 g/mol. The van der Waals surface area contributed by atoms with E-state index >= 15 is 0 Å². The van der Waals surface area contributed by atoms with Crippen LogP contribution in [0.4, 0.5) is 0 Å². The summed E-state index contributed by atoms with van der Waals surface area (Å²) in [6.07, 6.45) is 15.5. The van der Waals surface area contributed by atoms with Crippen LogP contribution in [0.2, 0.25) is 0 Å². The van der Waals surface area contributed by atoms with Crippen molar-refractivity contribution in [3.63, 3.8) is 0 Å². The quantitative estimate of drug-likeness (QED) is 0.392. The van der Waals surface area contributed by atoms with Gasteiger partial charge in [0.1, 0.15) is 0 Å². The minimum atomic E-state index is 0.656. The van der Waals surface area contributed by atoms with Gasteiger partial charge >= 0.3 is 0 Å². The van der Waals surface area contributed by atoms with E-state index in [4.69, 9.17) is 10.00 Å². The Morgan fingerprint density at radius 1 is 1.08 bits per heavy atom. The SMILES string of the molecule is CCCCCC/C=C/OCC1CCC(c2ccc(C#N)cc2)CC1. The fourth-order valence-electron chi connectivity index (χ4n) is 3.51. The van der Waals surface area contributed by atoms with E-state index in [-0.39, 0.29) is 0 Å². The number of hydrogen-bond donors (Lipinski definition) is 0. The van der Waals surface area contributed by atoms with Gasteiger partial charge in [0.2, 0.25) is 0 Å². The van der Waals surface area contributed by atoms with Gasteiger partial charge in [-0.2, -0.15) is 5.26 Å². The fraction of sp³-hybridized carbons (Fsp3) is 0.591. The Morgan fingerprint density at radius 3 is 2.50 bits per heavy atom. The van der Waals surface area contributed by atoms with Crippen molar-refractivity contribution in [3.05, 3.63) is 47.7 Å². The molecule has 0 N–H and O–H groups in total. The van der Waals surface area contributed by atoms with Crippen molar-refractivity contribution in [1.29, 1.82) is 5.26 Å². The molecule has 1 saturated carbocycles. The lowest BCUT2D eigenvalue weighted by Gasteiger charge is -2.28. The first kappa shape index (κ1) is 18.6. The lowest BCUT2D eigenvalue weighted by Crippen LogP contribution is -2.17. The van der Waals surface area contributed by atoms with E-state index in [2.05, 4.69) is 31.2 Å². The van der Waals surface area contributed by atoms with E-state index in [0.29, 0.717) is 11.8 Å². The molecule has 0 radical (unpaired) electrons. The van der Waals surface area contributed by atoms with Gasteiger partial charge in [0, 0.05) is 0 Å². The number of unbranched alkanes of at least 4 members (excludes halogenated alkanes) is 4. The van der Waals surface area contributed by atoms with E-state index in [1.54, 1.807) is 0 Å². The average Bonchev–Trinajstić information content (AvgIpc) is 2.64. The fourth-order valence-corrected chi connectivity index (χ4v) is 3.51. The predicted octanol–water partition coefficient (Wildman–Crippen LogP) is 6.33. The molecule has 2 nitrogen and oxygen atoms in total. The minimum absolute atomic E-state index is 0.656. The van der Waals surface area contributed by atoms with Crippen molar-refractivity contribution >= 4 is 0 Å². The number of allylic oxidation sites excluding steroid dienone is 1. The summed E-state index contributed by atoms with van der Waals surface area (Å²) in [5.41, 5.74) is 2.14. The van der Waals surface area contributed by atoms with Gasteiger partial charge in [0.15, 0.2) is 0 Å².